The quantitative estimate of drug-likeness (QED) is 0.162. The number of rotatable bonds is 9. The molecule has 0 spiro atoms. The van der Waals surface area contributed by atoms with Gasteiger partial charge in [0, 0.05) is 28.6 Å². The fourth-order valence-corrected chi connectivity index (χ4v) is 4.97. The Morgan fingerprint density at radius 3 is 2.19 bits per heavy atom. The lowest BCUT2D eigenvalue weighted by molar-refractivity contribution is 0.262. The van der Waals surface area contributed by atoms with Crippen molar-refractivity contribution in [2.75, 3.05) is 34.0 Å². The van der Waals surface area contributed by atoms with Gasteiger partial charge in [-0.15, -0.1) is 0 Å². The van der Waals surface area contributed by atoms with Gasteiger partial charge in [-0.05, 0) is 56.0 Å². The van der Waals surface area contributed by atoms with Crippen molar-refractivity contribution in [3.05, 3.63) is 65.9 Å². The number of urea groups is 1. The number of carbonyl (C=O) groups is 1. The van der Waals surface area contributed by atoms with E-state index in [0.717, 1.165) is 28.3 Å². The Labute approximate surface area is 252 Å². The van der Waals surface area contributed by atoms with Crippen molar-refractivity contribution in [3.8, 4) is 17.4 Å². The highest BCUT2D eigenvalue weighted by molar-refractivity contribution is 7.92. The third-order valence-electron chi connectivity index (χ3n) is 6.30. The first-order valence-corrected chi connectivity index (χ1v) is 15.6. The van der Waals surface area contributed by atoms with Crippen LogP contribution in [0.4, 0.5) is 27.8 Å². The molecular formula is C31H38N6O5S. The van der Waals surface area contributed by atoms with Crippen molar-refractivity contribution in [2.45, 2.75) is 53.0 Å². The molecule has 4 N–H and O–H groups in total. The van der Waals surface area contributed by atoms with Gasteiger partial charge in [0.15, 0.2) is 5.75 Å². The summed E-state index contributed by atoms with van der Waals surface area (Å²) in [6, 6.07) is 15.9. The molecule has 43 heavy (non-hydrogen) atoms. The Morgan fingerprint density at radius 2 is 1.56 bits per heavy atom. The molecule has 1 aromatic heterocycles. The van der Waals surface area contributed by atoms with E-state index in [9.17, 15) is 13.2 Å². The zero-order valence-electron chi connectivity index (χ0n) is 25.6. The Hall–Kier alpha value is -4.58. The van der Waals surface area contributed by atoms with Crippen LogP contribution in [0.3, 0.4) is 0 Å². The minimum Gasteiger partial charge on any atom is -0.492 e. The second kappa shape index (κ2) is 12.3. The van der Waals surface area contributed by atoms with Crippen molar-refractivity contribution in [3.63, 3.8) is 0 Å². The molecular weight excluding hydrogens is 568 g/mol. The van der Waals surface area contributed by atoms with Gasteiger partial charge in [-0.3, -0.25) is 4.72 Å². The van der Waals surface area contributed by atoms with Gasteiger partial charge in [0.25, 0.3) is 0 Å². The molecule has 12 heteroatoms. The predicted molar refractivity (Wildman–Crippen MR) is 172 cm³/mol. The number of benzene rings is 3. The molecule has 0 atom stereocenters. The van der Waals surface area contributed by atoms with Crippen molar-refractivity contribution >= 4 is 49.8 Å². The molecule has 0 aliphatic rings. The van der Waals surface area contributed by atoms with E-state index in [4.69, 9.17) is 9.47 Å². The first-order valence-electron chi connectivity index (χ1n) is 13.7. The number of methoxy groups -OCH3 is 1. The fourth-order valence-electron chi connectivity index (χ4n) is 4.42. The molecule has 1 heterocycles. The first-order chi connectivity index (χ1) is 20.1. The topological polar surface area (TPSA) is 144 Å². The number of amides is 2. The van der Waals surface area contributed by atoms with Crippen LogP contribution in [0.1, 0.15) is 45.9 Å². The maximum atomic E-state index is 13.3. The molecule has 0 unspecified atom stereocenters. The molecule has 4 aromatic rings. The predicted octanol–water partition coefficient (Wildman–Crippen LogP) is 6.87. The number of aromatic nitrogens is 2. The molecule has 0 saturated carbocycles. The SMILES string of the molecule is COc1c(NC(=O)Nc2ccc(Oc3cc(C)nc(NC(C)C)n3)c3ccccc23)cc(C(C)(C)C)cc1NS(C)(=O)=O. The summed E-state index contributed by atoms with van der Waals surface area (Å²) in [5.74, 6) is 1.62. The summed E-state index contributed by atoms with van der Waals surface area (Å²) >= 11 is 0. The van der Waals surface area contributed by atoms with E-state index in [0.29, 0.717) is 29.0 Å². The lowest BCUT2D eigenvalue weighted by Crippen LogP contribution is -2.22. The maximum absolute atomic E-state index is 13.3. The van der Waals surface area contributed by atoms with Gasteiger partial charge in [-0.25, -0.2) is 18.2 Å². The molecule has 0 bridgehead atoms. The van der Waals surface area contributed by atoms with Gasteiger partial charge < -0.3 is 25.4 Å². The van der Waals surface area contributed by atoms with E-state index in [-0.39, 0.29) is 22.9 Å². The van der Waals surface area contributed by atoms with Crippen LogP contribution < -0.4 is 30.1 Å². The van der Waals surface area contributed by atoms with E-state index in [1.807, 2.05) is 65.8 Å². The highest BCUT2D eigenvalue weighted by atomic mass is 32.2. The summed E-state index contributed by atoms with van der Waals surface area (Å²) < 4.78 is 38.3. The smallest absolute Gasteiger partial charge is 0.323 e. The molecule has 3 aromatic carbocycles. The number of sulfonamides is 1. The van der Waals surface area contributed by atoms with Crippen LogP contribution in [0, 0.1) is 6.92 Å². The van der Waals surface area contributed by atoms with Crippen molar-refractivity contribution in [2.24, 2.45) is 0 Å². The molecule has 11 nitrogen and oxygen atoms in total. The van der Waals surface area contributed by atoms with Crippen LogP contribution in [-0.2, 0) is 15.4 Å². The Kier molecular flexibility index (Phi) is 9.00. The third kappa shape index (κ3) is 8.04. The average molecular weight is 607 g/mol. The Bertz CT molecular complexity index is 1770. The van der Waals surface area contributed by atoms with Crippen LogP contribution in [-0.4, -0.2) is 43.8 Å². The Morgan fingerprint density at radius 1 is 0.907 bits per heavy atom. The van der Waals surface area contributed by atoms with Gasteiger partial charge >= 0.3 is 6.03 Å². The minimum absolute atomic E-state index is 0.158. The highest BCUT2D eigenvalue weighted by Gasteiger charge is 2.22. The number of anilines is 4. The summed E-state index contributed by atoms with van der Waals surface area (Å²) in [6.07, 6.45) is 1.06. The second-order valence-electron chi connectivity index (χ2n) is 11.5. The second-order valence-corrected chi connectivity index (χ2v) is 13.3. The first kappa shape index (κ1) is 31.4. The number of carbonyl (C=O) groups excluding carboxylic acids is 1. The summed E-state index contributed by atoms with van der Waals surface area (Å²) in [5.41, 5.74) is 2.30. The number of hydrogen-bond acceptors (Lipinski definition) is 8. The van der Waals surface area contributed by atoms with Gasteiger partial charge in [-0.2, -0.15) is 4.98 Å². The largest absolute Gasteiger partial charge is 0.492 e. The van der Waals surface area contributed by atoms with Gasteiger partial charge in [0.1, 0.15) is 5.75 Å². The van der Waals surface area contributed by atoms with E-state index in [2.05, 4.69) is 30.6 Å². The zero-order valence-corrected chi connectivity index (χ0v) is 26.4. The van der Waals surface area contributed by atoms with Crippen molar-refractivity contribution < 1.29 is 22.7 Å². The summed E-state index contributed by atoms with van der Waals surface area (Å²) in [7, 11) is -2.20. The standard InChI is InChI=1S/C31H38N6O5S/c1-18(2)32-29-33-19(3)15-27(36-29)42-26-14-13-23(21-11-9-10-12-22(21)26)34-30(38)35-24-16-20(31(4,5)6)17-25(28(24)41-7)37-43(8,39)40/h9-18,37H,1-8H3,(H,32,33,36)(H2,34,35,38). The molecule has 4 rings (SSSR count). The lowest BCUT2D eigenvalue weighted by atomic mass is 9.86. The van der Waals surface area contributed by atoms with Gasteiger partial charge in [-0.1, -0.05) is 45.0 Å². The summed E-state index contributed by atoms with van der Waals surface area (Å²) in [5, 5.41) is 10.4. The van der Waals surface area contributed by atoms with Crippen molar-refractivity contribution in [1.29, 1.82) is 0 Å². The highest BCUT2D eigenvalue weighted by Crippen LogP contribution is 2.40. The number of ether oxygens (including phenoxy) is 2. The molecule has 0 radical (unpaired) electrons. The summed E-state index contributed by atoms with van der Waals surface area (Å²) in [6.45, 7) is 11.8. The minimum atomic E-state index is -3.61. The number of aryl methyl sites for hydroxylation is 1. The zero-order chi connectivity index (χ0) is 31.5. The number of fused-ring (bicyclic) bond motifs is 1. The lowest BCUT2D eigenvalue weighted by Gasteiger charge is -2.24. The maximum Gasteiger partial charge on any atom is 0.323 e. The molecule has 2 amide bonds. The van der Waals surface area contributed by atoms with E-state index < -0.39 is 16.1 Å². The number of hydrogen-bond donors (Lipinski definition) is 4. The Balaban J connectivity index is 1.65. The van der Waals surface area contributed by atoms with Crippen LogP contribution >= 0.6 is 0 Å². The normalized spacial score (nSPS) is 11.7. The molecule has 0 fully saturated rings. The summed E-state index contributed by atoms with van der Waals surface area (Å²) in [4.78, 5) is 22.2. The van der Waals surface area contributed by atoms with E-state index in [1.165, 1.54) is 7.11 Å². The third-order valence-corrected chi connectivity index (χ3v) is 6.89. The van der Waals surface area contributed by atoms with Crippen LogP contribution in [0.5, 0.6) is 17.4 Å². The van der Waals surface area contributed by atoms with Gasteiger partial charge in [0.2, 0.25) is 21.9 Å². The van der Waals surface area contributed by atoms with Gasteiger partial charge in [0.05, 0.1) is 30.4 Å². The van der Waals surface area contributed by atoms with Crippen LogP contribution in [0.2, 0.25) is 0 Å². The average Bonchev–Trinajstić information content (AvgIpc) is 2.88. The molecule has 0 saturated heterocycles. The van der Waals surface area contributed by atoms with Crippen molar-refractivity contribution in [1.82, 2.24) is 9.97 Å². The monoisotopic (exact) mass is 606 g/mol. The number of nitrogens with zero attached hydrogens (tertiary/aromatic N) is 2. The molecule has 228 valence electrons. The van der Waals surface area contributed by atoms with E-state index in [1.54, 1.807) is 30.3 Å². The number of nitrogens with one attached hydrogen (secondary N) is 4. The molecule has 0 aliphatic heterocycles. The molecule has 0 aliphatic carbocycles. The fraction of sp³-hybridized carbons (Fsp3) is 0.323. The van der Waals surface area contributed by atoms with Crippen LogP contribution in [0.15, 0.2) is 54.6 Å². The van der Waals surface area contributed by atoms with E-state index >= 15 is 0 Å². The van der Waals surface area contributed by atoms with Crippen LogP contribution in [0.25, 0.3) is 10.8 Å².